The lowest BCUT2D eigenvalue weighted by molar-refractivity contribution is 0.295. The zero-order valence-electron chi connectivity index (χ0n) is 11.8. The Bertz CT molecular complexity index is 520. The van der Waals surface area contributed by atoms with Crippen LogP contribution < -0.4 is 10.1 Å². The highest BCUT2D eigenvalue weighted by Crippen LogP contribution is 2.19. The molecule has 4 heteroatoms. The molecule has 4 nitrogen and oxygen atoms in total. The zero-order chi connectivity index (χ0) is 13.7. The third-order valence-electron chi connectivity index (χ3n) is 2.91. The molecule has 0 saturated carbocycles. The first kappa shape index (κ1) is 13.6. The van der Waals surface area contributed by atoms with Gasteiger partial charge in [0.1, 0.15) is 12.4 Å². The molecular weight excluding hydrogens is 238 g/mol. The summed E-state index contributed by atoms with van der Waals surface area (Å²) in [5.74, 6) is 0.913. The molecule has 0 saturated heterocycles. The van der Waals surface area contributed by atoms with Gasteiger partial charge in [0.05, 0.1) is 5.69 Å². The van der Waals surface area contributed by atoms with Gasteiger partial charge in [-0.05, 0) is 33.0 Å². The summed E-state index contributed by atoms with van der Waals surface area (Å²) in [6, 6.07) is 10.4. The molecule has 2 aromatic rings. The molecule has 0 unspecified atom stereocenters. The number of ether oxygens (including phenoxy) is 1. The maximum atomic E-state index is 5.85. The number of aromatic nitrogens is 2. The Hall–Kier alpha value is -1.81. The Kier molecular flexibility index (Phi) is 4.58. The number of nitrogens with zero attached hydrogens (tertiary/aromatic N) is 2. The molecule has 0 bridgehead atoms. The van der Waals surface area contributed by atoms with Crippen LogP contribution in [0.4, 0.5) is 0 Å². The van der Waals surface area contributed by atoms with Crippen LogP contribution in [0, 0.1) is 0 Å². The van der Waals surface area contributed by atoms with Crippen molar-refractivity contribution in [2.24, 2.45) is 0 Å². The highest BCUT2D eigenvalue weighted by molar-refractivity contribution is 5.33. The van der Waals surface area contributed by atoms with E-state index in [4.69, 9.17) is 4.74 Å². The molecular formula is C15H21N3O. The van der Waals surface area contributed by atoms with E-state index < -0.39 is 0 Å². The number of para-hydroxylation sites is 1. The average molecular weight is 259 g/mol. The summed E-state index contributed by atoms with van der Waals surface area (Å²) >= 11 is 0. The monoisotopic (exact) mass is 259 g/mol. The summed E-state index contributed by atoms with van der Waals surface area (Å²) in [6.07, 6.45) is 1.99. The lowest BCUT2D eigenvalue weighted by Crippen LogP contribution is -2.08. The second-order valence-electron chi connectivity index (χ2n) is 4.81. The number of hydrogen-bond acceptors (Lipinski definition) is 3. The van der Waals surface area contributed by atoms with Gasteiger partial charge in [-0.3, -0.25) is 4.68 Å². The fourth-order valence-corrected chi connectivity index (χ4v) is 1.87. The number of rotatable bonds is 6. The Morgan fingerprint density at radius 2 is 2.05 bits per heavy atom. The Balaban J connectivity index is 2.01. The van der Waals surface area contributed by atoms with Crippen molar-refractivity contribution < 1.29 is 4.74 Å². The van der Waals surface area contributed by atoms with Crippen LogP contribution in [0.5, 0.6) is 5.75 Å². The van der Waals surface area contributed by atoms with Crippen LogP contribution in [0.15, 0.2) is 36.5 Å². The Morgan fingerprint density at radius 1 is 1.26 bits per heavy atom. The molecule has 0 spiro atoms. The van der Waals surface area contributed by atoms with Crippen molar-refractivity contribution in [2.75, 3.05) is 7.05 Å². The predicted molar refractivity (Wildman–Crippen MR) is 76.1 cm³/mol. The van der Waals surface area contributed by atoms with Gasteiger partial charge in [-0.25, -0.2) is 0 Å². The standard InChI is InChI=1S/C15H21N3O/c1-12(2)18-9-8-14(17-18)11-19-15-7-5-4-6-13(15)10-16-3/h4-9,12,16H,10-11H2,1-3H3. The van der Waals surface area contributed by atoms with Gasteiger partial charge >= 0.3 is 0 Å². The molecule has 1 aromatic heterocycles. The quantitative estimate of drug-likeness (QED) is 0.867. The molecule has 102 valence electrons. The fourth-order valence-electron chi connectivity index (χ4n) is 1.87. The minimum absolute atomic E-state index is 0.380. The first-order valence-electron chi connectivity index (χ1n) is 6.60. The normalized spacial score (nSPS) is 10.9. The van der Waals surface area contributed by atoms with Crippen molar-refractivity contribution >= 4 is 0 Å². The number of benzene rings is 1. The lowest BCUT2D eigenvalue weighted by atomic mass is 10.2. The molecule has 0 aliphatic heterocycles. The molecule has 1 N–H and O–H groups in total. The van der Waals surface area contributed by atoms with Crippen molar-refractivity contribution in [1.82, 2.24) is 15.1 Å². The van der Waals surface area contributed by atoms with Crippen molar-refractivity contribution in [2.45, 2.75) is 33.0 Å². The third-order valence-corrected chi connectivity index (χ3v) is 2.91. The van der Waals surface area contributed by atoms with Gasteiger partial charge in [0.25, 0.3) is 0 Å². The maximum absolute atomic E-state index is 5.85. The van der Waals surface area contributed by atoms with Gasteiger partial charge in [0.2, 0.25) is 0 Å². The minimum atomic E-state index is 0.380. The average Bonchev–Trinajstić information content (AvgIpc) is 2.87. The second-order valence-corrected chi connectivity index (χ2v) is 4.81. The van der Waals surface area contributed by atoms with Crippen molar-refractivity contribution in [3.8, 4) is 5.75 Å². The SMILES string of the molecule is CNCc1ccccc1OCc1ccn(C(C)C)n1. The van der Waals surface area contributed by atoms with E-state index in [-0.39, 0.29) is 0 Å². The largest absolute Gasteiger partial charge is 0.487 e. The van der Waals surface area contributed by atoms with Crippen LogP contribution in [0.25, 0.3) is 0 Å². The molecule has 0 amide bonds. The minimum Gasteiger partial charge on any atom is -0.487 e. The number of hydrogen-bond donors (Lipinski definition) is 1. The Labute approximate surface area is 114 Å². The molecule has 1 aromatic carbocycles. The van der Waals surface area contributed by atoms with E-state index in [2.05, 4.69) is 30.3 Å². The molecule has 0 radical (unpaired) electrons. The highest BCUT2D eigenvalue weighted by Gasteiger charge is 2.05. The van der Waals surface area contributed by atoms with Gasteiger partial charge < -0.3 is 10.1 Å². The second kappa shape index (κ2) is 6.38. The summed E-state index contributed by atoms with van der Waals surface area (Å²) in [4.78, 5) is 0. The summed E-state index contributed by atoms with van der Waals surface area (Å²) < 4.78 is 7.80. The summed E-state index contributed by atoms with van der Waals surface area (Å²) in [6.45, 7) is 5.52. The molecule has 0 aliphatic carbocycles. The molecule has 0 fully saturated rings. The van der Waals surface area contributed by atoms with Crippen molar-refractivity contribution in [3.05, 3.63) is 47.8 Å². The van der Waals surface area contributed by atoms with E-state index in [9.17, 15) is 0 Å². The van der Waals surface area contributed by atoms with Gasteiger partial charge in [-0.15, -0.1) is 0 Å². The van der Waals surface area contributed by atoms with E-state index >= 15 is 0 Å². The van der Waals surface area contributed by atoms with E-state index in [1.807, 2.05) is 42.2 Å². The van der Waals surface area contributed by atoms with Gasteiger partial charge in [0, 0.05) is 24.3 Å². The topological polar surface area (TPSA) is 39.1 Å². The first-order valence-corrected chi connectivity index (χ1v) is 6.60. The van der Waals surface area contributed by atoms with Crippen LogP contribution in [0.2, 0.25) is 0 Å². The van der Waals surface area contributed by atoms with Crippen molar-refractivity contribution in [1.29, 1.82) is 0 Å². The highest BCUT2D eigenvalue weighted by atomic mass is 16.5. The smallest absolute Gasteiger partial charge is 0.132 e. The van der Waals surface area contributed by atoms with Gasteiger partial charge in [0.15, 0.2) is 0 Å². The molecule has 2 rings (SSSR count). The summed E-state index contributed by atoms with van der Waals surface area (Å²) in [7, 11) is 1.93. The summed E-state index contributed by atoms with van der Waals surface area (Å²) in [5.41, 5.74) is 2.11. The van der Waals surface area contributed by atoms with E-state index in [1.54, 1.807) is 0 Å². The van der Waals surface area contributed by atoms with Gasteiger partial charge in [-0.2, -0.15) is 5.10 Å². The van der Waals surface area contributed by atoms with Crippen LogP contribution in [0.1, 0.15) is 31.1 Å². The maximum Gasteiger partial charge on any atom is 0.132 e. The molecule has 1 heterocycles. The van der Waals surface area contributed by atoms with Crippen LogP contribution in [0.3, 0.4) is 0 Å². The van der Waals surface area contributed by atoms with E-state index in [1.165, 1.54) is 0 Å². The third kappa shape index (κ3) is 3.58. The predicted octanol–water partition coefficient (Wildman–Crippen LogP) is 2.76. The van der Waals surface area contributed by atoms with E-state index in [0.29, 0.717) is 12.6 Å². The lowest BCUT2D eigenvalue weighted by Gasteiger charge is -2.10. The van der Waals surface area contributed by atoms with Gasteiger partial charge in [-0.1, -0.05) is 18.2 Å². The number of nitrogens with one attached hydrogen (secondary N) is 1. The van der Waals surface area contributed by atoms with Crippen LogP contribution in [-0.2, 0) is 13.2 Å². The first-order chi connectivity index (χ1) is 9.20. The fraction of sp³-hybridized carbons (Fsp3) is 0.400. The van der Waals surface area contributed by atoms with Crippen LogP contribution >= 0.6 is 0 Å². The van der Waals surface area contributed by atoms with Crippen LogP contribution in [-0.4, -0.2) is 16.8 Å². The Morgan fingerprint density at radius 3 is 2.74 bits per heavy atom. The molecule has 19 heavy (non-hydrogen) atoms. The van der Waals surface area contributed by atoms with E-state index in [0.717, 1.165) is 23.6 Å². The molecule has 0 aliphatic rings. The zero-order valence-corrected chi connectivity index (χ0v) is 11.8. The van der Waals surface area contributed by atoms with Crippen molar-refractivity contribution in [3.63, 3.8) is 0 Å². The summed E-state index contributed by atoms with van der Waals surface area (Å²) in [5, 5.41) is 7.62. The molecule has 0 atom stereocenters.